The molecule has 2 fully saturated rings. The van der Waals surface area contributed by atoms with Crippen LogP contribution in [0, 0.1) is 0 Å². The molecule has 0 radical (unpaired) electrons. The van der Waals surface area contributed by atoms with Crippen molar-refractivity contribution in [2.24, 2.45) is 0 Å². The first kappa shape index (κ1) is 16.8. The van der Waals surface area contributed by atoms with Crippen LogP contribution in [0.5, 0.6) is 0 Å². The van der Waals surface area contributed by atoms with E-state index < -0.39 is 0 Å². The summed E-state index contributed by atoms with van der Waals surface area (Å²) in [5, 5.41) is 6.48. The summed E-state index contributed by atoms with van der Waals surface area (Å²) in [6, 6.07) is 9.01. The van der Waals surface area contributed by atoms with Gasteiger partial charge in [-0.25, -0.2) is 4.79 Å². The van der Waals surface area contributed by atoms with Crippen LogP contribution in [0.3, 0.4) is 0 Å². The number of anilines is 1. The normalized spacial score (nSPS) is 30.0. The average molecular weight is 359 g/mol. The quantitative estimate of drug-likeness (QED) is 0.628. The highest BCUT2D eigenvalue weighted by atomic mass is 32.2. The number of hydrogen-bond acceptors (Lipinski definition) is 3. The largest absolute Gasteiger partial charge is 0.332 e. The summed E-state index contributed by atoms with van der Waals surface area (Å²) in [5.41, 5.74) is 2.37. The van der Waals surface area contributed by atoms with E-state index in [1.165, 1.54) is 5.56 Å². The standard InChI is InChI=1S/C19H25N3O2S/c1-12-10-13-6-2-3-7-15(13)22(12)17(23)9-5-4-8-16-18-14(11-25-16)20-19(24)21-18/h2-3,6-7,12,14,16,18H,4-5,8-11H2,1H3,(H2,20,21,24)/t12?,14-,16-,18-/m0/s1. The lowest BCUT2D eigenvalue weighted by Crippen LogP contribution is -2.37. The molecule has 1 unspecified atom stereocenters. The number of rotatable bonds is 5. The third kappa shape index (κ3) is 3.24. The topological polar surface area (TPSA) is 61.4 Å². The molecule has 0 saturated carbocycles. The Kier molecular flexibility index (Phi) is 4.63. The van der Waals surface area contributed by atoms with E-state index in [2.05, 4.69) is 29.7 Å². The van der Waals surface area contributed by atoms with E-state index in [1.54, 1.807) is 0 Å². The van der Waals surface area contributed by atoms with E-state index in [0.29, 0.717) is 11.7 Å². The van der Waals surface area contributed by atoms with Gasteiger partial charge in [0.25, 0.3) is 0 Å². The Morgan fingerprint density at radius 3 is 3.00 bits per heavy atom. The van der Waals surface area contributed by atoms with Gasteiger partial charge in [0, 0.05) is 29.2 Å². The van der Waals surface area contributed by atoms with Gasteiger partial charge < -0.3 is 15.5 Å². The van der Waals surface area contributed by atoms with E-state index in [0.717, 1.165) is 37.1 Å². The number of carbonyl (C=O) groups is 2. The minimum atomic E-state index is -0.0304. The maximum atomic E-state index is 12.7. The average Bonchev–Trinajstić information content (AvgIpc) is 3.23. The van der Waals surface area contributed by atoms with Crippen molar-refractivity contribution < 1.29 is 9.59 Å². The second-order valence-corrected chi connectivity index (χ2v) is 8.59. The third-order valence-corrected chi connectivity index (χ3v) is 7.05. The Balaban J connectivity index is 1.25. The van der Waals surface area contributed by atoms with Gasteiger partial charge in [0.15, 0.2) is 0 Å². The number of fused-ring (bicyclic) bond motifs is 2. The summed E-state index contributed by atoms with van der Waals surface area (Å²) in [7, 11) is 0. The zero-order valence-corrected chi connectivity index (χ0v) is 15.3. The molecule has 2 N–H and O–H groups in total. The molecule has 1 aromatic carbocycles. The molecule has 6 heteroatoms. The van der Waals surface area contributed by atoms with Crippen molar-refractivity contribution in [2.45, 2.75) is 62.4 Å². The summed E-state index contributed by atoms with van der Waals surface area (Å²) in [6.45, 7) is 2.13. The van der Waals surface area contributed by atoms with Gasteiger partial charge in [-0.1, -0.05) is 24.6 Å². The van der Waals surface area contributed by atoms with Crippen LogP contribution < -0.4 is 15.5 Å². The molecule has 0 aliphatic carbocycles. The zero-order valence-electron chi connectivity index (χ0n) is 14.5. The van der Waals surface area contributed by atoms with E-state index in [4.69, 9.17) is 0 Å². The van der Waals surface area contributed by atoms with Gasteiger partial charge >= 0.3 is 6.03 Å². The van der Waals surface area contributed by atoms with E-state index in [-0.39, 0.29) is 30.1 Å². The number of unbranched alkanes of at least 4 members (excludes halogenated alkanes) is 1. The molecule has 4 atom stereocenters. The molecule has 3 aliphatic heterocycles. The second kappa shape index (κ2) is 6.90. The van der Waals surface area contributed by atoms with Crippen LogP contribution in [0.25, 0.3) is 0 Å². The van der Waals surface area contributed by atoms with Crippen LogP contribution >= 0.6 is 11.8 Å². The molecule has 3 amide bonds. The van der Waals surface area contributed by atoms with Crippen LogP contribution in [-0.2, 0) is 11.2 Å². The zero-order chi connectivity index (χ0) is 17.4. The lowest BCUT2D eigenvalue weighted by Gasteiger charge is -2.23. The van der Waals surface area contributed by atoms with Crippen molar-refractivity contribution in [1.82, 2.24) is 10.6 Å². The van der Waals surface area contributed by atoms with Crippen molar-refractivity contribution in [1.29, 1.82) is 0 Å². The number of hydrogen-bond donors (Lipinski definition) is 2. The molecular weight excluding hydrogens is 334 g/mol. The molecule has 3 aliphatic rings. The number of carbonyl (C=O) groups excluding carboxylic acids is 2. The third-order valence-electron chi connectivity index (χ3n) is 5.54. The summed E-state index contributed by atoms with van der Waals surface area (Å²) < 4.78 is 0. The highest BCUT2D eigenvalue weighted by Gasteiger charge is 2.42. The van der Waals surface area contributed by atoms with Gasteiger partial charge in [-0.05, 0) is 37.8 Å². The Morgan fingerprint density at radius 2 is 2.12 bits per heavy atom. The molecule has 3 heterocycles. The number of nitrogens with zero attached hydrogens (tertiary/aromatic N) is 1. The fourth-order valence-electron chi connectivity index (χ4n) is 4.33. The Morgan fingerprint density at radius 1 is 1.28 bits per heavy atom. The van der Waals surface area contributed by atoms with Crippen LogP contribution in [0.15, 0.2) is 24.3 Å². The summed E-state index contributed by atoms with van der Waals surface area (Å²) in [4.78, 5) is 26.1. The van der Waals surface area contributed by atoms with Gasteiger partial charge in [0.1, 0.15) is 0 Å². The maximum Gasteiger partial charge on any atom is 0.315 e. The van der Waals surface area contributed by atoms with Crippen LogP contribution in [-0.4, -0.2) is 41.1 Å². The predicted octanol–water partition coefficient (Wildman–Crippen LogP) is 2.69. The van der Waals surface area contributed by atoms with Crippen LogP contribution in [0.2, 0.25) is 0 Å². The summed E-state index contributed by atoms with van der Waals surface area (Å²) >= 11 is 1.94. The van der Waals surface area contributed by atoms with Crippen LogP contribution in [0.1, 0.15) is 38.2 Å². The predicted molar refractivity (Wildman–Crippen MR) is 101 cm³/mol. The van der Waals surface area contributed by atoms with Crippen molar-refractivity contribution in [3.05, 3.63) is 29.8 Å². The van der Waals surface area contributed by atoms with E-state index >= 15 is 0 Å². The maximum absolute atomic E-state index is 12.7. The Hall–Kier alpha value is -1.69. The molecule has 25 heavy (non-hydrogen) atoms. The fourth-order valence-corrected chi connectivity index (χ4v) is 5.87. The highest BCUT2D eigenvalue weighted by molar-refractivity contribution is 8.00. The van der Waals surface area contributed by atoms with E-state index in [1.807, 2.05) is 28.8 Å². The number of benzene rings is 1. The minimum Gasteiger partial charge on any atom is -0.332 e. The van der Waals surface area contributed by atoms with Crippen molar-refractivity contribution >= 4 is 29.4 Å². The number of thioether (sulfide) groups is 1. The first-order valence-corrected chi connectivity index (χ1v) is 10.3. The Labute approximate surface area is 152 Å². The SMILES string of the molecule is CC1Cc2ccccc2N1C(=O)CCCC[C@@H]1SC[C@@H]2NC(=O)N[C@@H]21. The molecule has 0 aromatic heterocycles. The van der Waals surface area contributed by atoms with Crippen LogP contribution in [0.4, 0.5) is 10.5 Å². The Bertz CT molecular complexity index is 680. The summed E-state index contributed by atoms with van der Waals surface area (Å²) in [6.07, 6.45) is 4.57. The summed E-state index contributed by atoms with van der Waals surface area (Å²) in [5.74, 6) is 1.24. The highest BCUT2D eigenvalue weighted by Crippen LogP contribution is 2.34. The first-order chi connectivity index (χ1) is 12.1. The van der Waals surface area contributed by atoms with Gasteiger partial charge in [0.05, 0.1) is 12.1 Å². The van der Waals surface area contributed by atoms with E-state index in [9.17, 15) is 9.59 Å². The molecule has 5 nitrogen and oxygen atoms in total. The second-order valence-electron chi connectivity index (χ2n) is 7.31. The fraction of sp³-hybridized carbons (Fsp3) is 0.579. The van der Waals surface area contributed by atoms with Gasteiger partial charge in [-0.3, -0.25) is 4.79 Å². The lowest BCUT2D eigenvalue weighted by atomic mass is 10.0. The smallest absolute Gasteiger partial charge is 0.315 e. The molecule has 134 valence electrons. The molecule has 2 saturated heterocycles. The van der Waals surface area contributed by atoms with Crippen molar-refractivity contribution in [3.63, 3.8) is 0 Å². The number of urea groups is 1. The molecule has 1 aromatic rings. The van der Waals surface area contributed by atoms with Gasteiger partial charge in [-0.15, -0.1) is 0 Å². The lowest BCUT2D eigenvalue weighted by molar-refractivity contribution is -0.119. The molecular formula is C19H25N3O2S. The number of nitrogens with one attached hydrogen (secondary N) is 2. The molecule has 0 spiro atoms. The van der Waals surface area contributed by atoms with Crippen molar-refractivity contribution in [2.75, 3.05) is 10.7 Å². The number of para-hydroxylation sites is 1. The molecule has 4 rings (SSSR count). The number of amides is 3. The molecule has 0 bridgehead atoms. The minimum absolute atomic E-state index is 0.0304. The monoisotopic (exact) mass is 359 g/mol. The van der Waals surface area contributed by atoms with Crippen molar-refractivity contribution in [3.8, 4) is 0 Å². The first-order valence-electron chi connectivity index (χ1n) is 9.22. The van der Waals surface area contributed by atoms with Gasteiger partial charge in [-0.2, -0.15) is 11.8 Å². The van der Waals surface area contributed by atoms with Gasteiger partial charge in [0.2, 0.25) is 5.91 Å².